The van der Waals surface area contributed by atoms with E-state index in [0.29, 0.717) is 6.61 Å². The van der Waals surface area contributed by atoms with E-state index in [0.717, 1.165) is 12.1 Å². The number of nitrogens with zero attached hydrogens (tertiary/aromatic N) is 1. The molecule has 0 bridgehead atoms. The molecule has 1 saturated carbocycles. The van der Waals surface area contributed by atoms with E-state index in [9.17, 15) is 9.59 Å². The number of carbonyl (C=O) groups excluding carboxylic acids is 1. The zero-order valence-electron chi connectivity index (χ0n) is 8.40. The van der Waals surface area contributed by atoms with Crippen LogP contribution in [0.4, 0.5) is 0 Å². The summed E-state index contributed by atoms with van der Waals surface area (Å²) in [7, 11) is 0. The lowest BCUT2D eigenvalue weighted by Crippen LogP contribution is -2.09. The van der Waals surface area contributed by atoms with Crippen molar-refractivity contribution in [3.05, 3.63) is 28.4 Å². The van der Waals surface area contributed by atoms with E-state index in [1.807, 2.05) is 0 Å². The first-order valence-corrected chi connectivity index (χ1v) is 4.93. The maximum Gasteiger partial charge on any atom is 0.309 e. The molecule has 1 aromatic heterocycles. The van der Waals surface area contributed by atoms with E-state index in [2.05, 4.69) is 9.97 Å². The van der Waals surface area contributed by atoms with Crippen molar-refractivity contribution in [2.75, 3.05) is 6.61 Å². The number of ether oxygens (including phenoxy) is 1. The fourth-order valence-corrected chi connectivity index (χ4v) is 1.59. The second kappa shape index (κ2) is 3.84. The van der Waals surface area contributed by atoms with Crippen LogP contribution in [-0.2, 0) is 9.53 Å². The molecule has 0 spiro atoms. The van der Waals surface area contributed by atoms with Gasteiger partial charge in [0, 0.05) is 12.1 Å². The van der Waals surface area contributed by atoms with E-state index in [1.165, 1.54) is 6.20 Å². The van der Waals surface area contributed by atoms with Gasteiger partial charge in [0.05, 0.1) is 24.4 Å². The topological polar surface area (TPSA) is 72.1 Å². The van der Waals surface area contributed by atoms with Gasteiger partial charge in [-0.25, -0.2) is 0 Å². The van der Waals surface area contributed by atoms with Gasteiger partial charge in [-0.2, -0.15) is 0 Å². The van der Waals surface area contributed by atoms with Gasteiger partial charge in [0.1, 0.15) is 0 Å². The molecule has 1 N–H and O–H groups in total. The van der Waals surface area contributed by atoms with Gasteiger partial charge < -0.3 is 9.72 Å². The summed E-state index contributed by atoms with van der Waals surface area (Å²) >= 11 is 0. The van der Waals surface area contributed by atoms with E-state index in [1.54, 1.807) is 13.1 Å². The predicted molar refractivity (Wildman–Crippen MR) is 52.3 cm³/mol. The minimum Gasteiger partial charge on any atom is -0.466 e. The summed E-state index contributed by atoms with van der Waals surface area (Å²) in [6, 6.07) is 0. The Balaban J connectivity index is 2.01. The third-order valence-electron chi connectivity index (χ3n) is 2.45. The molecule has 15 heavy (non-hydrogen) atoms. The average Bonchev–Trinajstić information content (AvgIpc) is 2.99. The van der Waals surface area contributed by atoms with Crippen LogP contribution in [0.1, 0.15) is 25.0 Å². The van der Waals surface area contributed by atoms with Gasteiger partial charge in [0.2, 0.25) is 0 Å². The highest BCUT2D eigenvalue weighted by Gasteiger charge is 2.46. The molecule has 0 saturated heterocycles. The van der Waals surface area contributed by atoms with Crippen LogP contribution in [-0.4, -0.2) is 22.5 Å². The Morgan fingerprint density at radius 3 is 3.13 bits per heavy atom. The van der Waals surface area contributed by atoms with Crippen molar-refractivity contribution in [2.24, 2.45) is 5.92 Å². The van der Waals surface area contributed by atoms with E-state index >= 15 is 0 Å². The van der Waals surface area contributed by atoms with Crippen molar-refractivity contribution >= 4 is 5.97 Å². The zero-order chi connectivity index (χ0) is 10.8. The predicted octanol–water partition coefficient (Wildman–Crippen LogP) is 0.436. The second-order valence-corrected chi connectivity index (χ2v) is 3.54. The molecular formula is C10H12N2O3. The van der Waals surface area contributed by atoms with Crippen LogP contribution < -0.4 is 5.56 Å². The maximum atomic E-state index is 11.3. The summed E-state index contributed by atoms with van der Waals surface area (Å²) in [5.41, 5.74) is 0.528. The number of rotatable bonds is 3. The maximum absolute atomic E-state index is 11.3. The molecule has 0 aliphatic heterocycles. The lowest BCUT2D eigenvalue weighted by molar-refractivity contribution is -0.144. The molecule has 1 aromatic rings. The summed E-state index contributed by atoms with van der Waals surface area (Å²) < 4.78 is 4.90. The van der Waals surface area contributed by atoms with Crippen molar-refractivity contribution in [2.45, 2.75) is 19.3 Å². The Kier molecular flexibility index (Phi) is 2.53. The van der Waals surface area contributed by atoms with Crippen molar-refractivity contribution in [3.8, 4) is 0 Å². The molecule has 0 radical (unpaired) electrons. The Bertz CT molecular complexity index is 406. The lowest BCUT2D eigenvalue weighted by Gasteiger charge is -1.99. The molecule has 2 atom stereocenters. The fraction of sp³-hybridized carbons (Fsp3) is 0.500. The lowest BCUT2D eigenvalue weighted by atomic mass is 10.2. The largest absolute Gasteiger partial charge is 0.466 e. The number of hydrogen-bond donors (Lipinski definition) is 1. The number of aromatic amines is 1. The van der Waals surface area contributed by atoms with Gasteiger partial charge in [-0.3, -0.25) is 14.6 Å². The van der Waals surface area contributed by atoms with E-state index in [4.69, 9.17) is 4.74 Å². The number of H-pyrrole nitrogens is 1. The SMILES string of the molecule is CCOC(=O)[C@@H]1C[C@H]1c1c[nH]c(=O)cn1. The van der Waals surface area contributed by atoms with E-state index < -0.39 is 0 Å². The molecule has 1 aliphatic carbocycles. The first-order chi connectivity index (χ1) is 7.22. The highest BCUT2D eigenvalue weighted by molar-refractivity contribution is 5.77. The normalized spacial score (nSPS) is 23.5. The summed E-state index contributed by atoms with van der Waals surface area (Å²) in [5, 5.41) is 0. The second-order valence-electron chi connectivity index (χ2n) is 3.54. The van der Waals surface area contributed by atoms with Crippen LogP contribution in [0, 0.1) is 5.92 Å². The molecule has 0 amide bonds. The van der Waals surface area contributed by atoms with E-state index in [-0.39, 0.29) is 23.4 Å². The minimum absolute atomic E-state index is 0.0802. The quantitative estimate of drug-likeness (QED) is 0.731. The van der Waals surface area contributed by atoms with Crippen LogP contribution >= 0.6 is 0 Å². The molecule has 1 fully saturated rings. The monoisotopic (exact) mass is 208 g/mol. The van der Waals surface area contributed by atoms with Gasteiger partial charge in [-0.1, -0.05) is 0 Å². The number of aromatic nitrogens is 2. The molecule has 1 heterocycles. The molecule has 0 unspecified atom stereocenters. The Hall–Kier alpha value is -1.65. The summed E-state index contributed by atoms with van der Waals surface area (Å²) in [5.74, 6) is -0.139. The molecule has 0 aromatic carbocycles. The third-order valence-corrected chi connectivity index (χ3v) is 2.45. The van der Waals surface area contributed by atoms with Crippen molar-refractivity contribution in [1.29, 1.82) is 0 Å². The Morgan fingerprint density at radius 2 is 2.53 bits per heavy atom. The molecule has 5 nitrogen and oxygen atoms in total. The summed E-state index contributed by atoms with van der Waals surface area (Å²) in [6.45, 7) is 2.19. The van der Waals surface area contributed by atoms with Crippen LogP contribution in [0.15, 0.2) is 17.2 Å². The van der Waals surface area contributed by atoms with Crippen LogP contribution in [0.5, 0.6) is 0 Å². The number of hydrogen-bond acceptors (Lipinski definition) is 4. The van der Waals surface area contributed by atoms with Gasteiger partial charge in [0.15, 0.2) is 0 Å². The molecule has 2 rings (SSSR count). The summed E-state index contributed by atoms with van der Waals surface area (Å²) in [4.78, 5) is 28.6. The van der Waals surface area contributed by atoms with Gasteiger partial charge in [-0.05, 0) is 13.3 Å². The van der Waals surface area contributed by atoms with Crippen molar-refractivity contribution in [1.82, 2.24) is 9.97 Å². The highest BCUT2D eigenvalue weighted by atomic mass is 16.5. The molecular weight excluding hydrogens is 196 g/mol. The first-order valence-electron chi connectivity index (χ1n) is 4.93. The smallest absolute Gasteiger partial charge is 0.309 e. The van der Waals surface area contributed by atoms with Crippen molar-refractivity contribution < 1.29 is 9.53 Å². The van der Waals surface area contributed by atoms with Gasteiger partial charge in [0.25, 0.3) is 5.56 Å². The highest BCUT2D eigenvalue weighted by Crippen LogP contribution is 2.46. The first kappa shape index (κ1) is 9.89. The number of nitrogens with one attached hydrogen (secondary N) is 1. The summed E-state index contributed by atoms with van der Waals surface area (Å²) in [6.07, 6.45) is 3.56. The van der Waals surface area contributed by atoms with Crippen LogP contribution in [0.25, 0.3) is 0 Å². The van der Waals surface area contributed by atoms with Crippen LogP contribution in [0.3, 0.4) is 0 Å². The minimum atomic E-state index is -0.230. The zero-order valence-corrected chi connectivity index (χ0v) is 8.40. The standard InChI is InChI=1S/C10H12N2O3/c1-2-15-10(14)7-3-6(7)8-4-12-9(13)5-11-8/h4-7H,2-3H2,1H3,(H,12,13)/t6-,7-/m1/s1. The van der Waals surface area contributed by atoms with Crippen LogP contribution in [0.2, 0.25) is 0 Å². The van der Waals surface area contributed by atoms with Gasteiger partial charge in [-0.15, -0.1) is 0 Å². The number of carbonyl (C=O) groups is 1. The Labute approximate surface area is 86.5 Å². The molecule has 80 valence electrons. The van der Waals surface area contributed by atoms with Crippen molar-refractivity contribution in [3.63, 3.8) is 0 Å². The molecule has 1 aliphatic rings. The van der Waals surface area contributed by atoms with Gasteiger partial charge >= 0.3 is 5.97 Å². The average molecular weight is 208 g/mol. The fourth-order valence-electron chi connectivity index (χ4n) is 1.59. The third kappa shape index (κ3) is 2.06. The molecule has 5 heteroatoms. The Morgan fingerprint density at radius 1 is 1.73 bits per heavy atom. The number of esters is 1.